The van der Waals surface area contributed by atoms with Crippen LogP contribution in [0.1, 0.15) is 29.8 Å². The highest BCUT2D eigenvalue weighted by molar-refractivity contribution is 9.10. The normalized spacial score (nSPS) is 12.7. The van der Waals surface area contributed by atoms with Gasteiger partial charge in [-0.05, 0) is 47.0 Å². The van der Waals surface area contributed by atoms with Gasteiger partial charge in [-0.3, -0.25) is 4.68 Å². The van der Waals surface area contributed by atoms with E-state index in [9.17, 15) is 0 Å². The van der Waals surface area contributed by atoms with Crippen molar-refractivity contribution < 1.29 is 0 Å². The van der Waals surface area contributed by atoms with Crippen LogP contribution >= 0.6 is 27.5 Å². The second-order valence-electron chi connectivity index (χ2n) is 4.20. The zero-order valence-electron chi connectivity index (χ0n) is 10.3. The maximum Gasteiger partial charge on any atom is 0.0749 e. The van der Waals surface area contributed by atoms with Gasteiger partial charge in [0.25, 0.3) is 0 Å². The molecule has 96 valence electrons. The first kappa shape index (κ1) is 13.6. The zero-order valence-corrected chi connectivity index (χ0v) is 12.7. The van der Waals surface area contributed by atoms with E-state index < -0.39 is 0 Å². The summed E-state index contributed by atoms with van der Waals surface area (Å²) in [5.41, 5.74) is 9.30. The van der Waals surface area contributed by atoms with Gasteiger partial charge in [-0.15, -0.1) is 0 Å². The fourth-order valence-electron chi connectivity index (χ4n) is 1.96. The van der Waals surface area contributed by atoms with Crippen molar-refractivity contribution in [1.29, 1.82) is 0 Å². The van der Waals surface area contributed by atoms with E-state index in [1.165, 1.54) is 0 Å². The molecule has 0 saturated carbocycles. The van der Waals surface area contributed by atoms with E-state index in [4.69, 9.17) is 17.3 Å². The predicted molar refractivity (Wildman–Crippen MR) is 77.8 cm³/mol. The van der Waals surface area contributed by atoms with Gasteiger partial charge in [0.2, 0.25) is 0 Å². The Morgan fingerprint density at radius 1 is 1.50 bits per heavy atom. The standard InChI is InChI=1S/C13H15BrClN3/c1-3-18-13(10(14)7-17-18)12(16)9-5-4-8(2)6-11(9)15/h4-7,12H,3,16H2,1-2H3. The van der Waals surface area contributed by atoms with Crippen LogP contribution in [0.4, 0.5) is 0 Å². The quantitative estimate of drug-likeness (QED) is 0.934. The number of nitrogens with zero attached hydrogens (tertiary/aromatic N) is 2. The molecule has 0 aliphatic heterocycles. The molecule has 0 amide bonds. The number of nitrogens with two attached hydrogens (primary N) is 1. The van der Waals surface area contributed by atoms with Gasteiger partial charge < -0.3 is 5.73 Å². The van der Waals surface area contributed by atoms with Crippen LogP contribution in [0.3, 0.4) is 0 Å². The predicted octanol–water partition coefficient (Wildman–Crippen LogP) is 3.68. The average molecular weight is 329 g/mol. The lowest BCUT2D eigenvalue weighted by atomic mass is 10.0. The van der Waals surface area contributed by atoms with Crippen molar-refractivity contribution in [3.05, 3.63) is 50.7 Å². The summed E-state index contributed by atoms with van der Waals surface area (Å²) in [6, 6.07) is 5.63. The van der Waals surface area contributed by atoms with Crippen LogP contribution in [-0.2, 0) is 6.54 Å². The van der Waals surface area contributed by atoms with Crippen molar-refractivity contribution in [1.82, 2.24) is 9.78 Å². The van der Waals surface area contributed by atoms with Crippen LogP contribution in [0.15, 0.2) is 28.9 Å². The highest BCUT2D eigenvalue weighted by atomic mass is 79.9. The molecule has 1 aromatic heterocycles. The molecule has 5 heteroatoms. The van der Waals surface area contributed by atoms with E-state index in [1.807, 2.05) is 36.7 Å². The number of halogens is 2. The second-order valence-corrected chi connectivity index (χ2v) is 5.46. The lowest BCUT2D eigenvalue weighted by Crippen LogP contribution is -2.18. The summed E-state index contributed by atoms with van der Waals surface area (Å²) in [4.78, 5) is 0. The molecular weight excluding hydrogens is 314 g/mol. The molecule has 2 rings (SSSR count). The maximum atomic E-state index is 6.31. The Labute approximate surface area is 120 Å². The van der Waals surface area contributed by atoms with Gasteiger partial charge in [-0.2, -0.15) is 5.10 Å². The largest absolute Gasteiger partial charge is 0.319 e. The summed E-state index contributed by atoms with van der Waals surface area (Å²) in [5.74, 6) is 0. The Bertz CT molecular complexity index is 565. The van der Waals surface area contributed by atoms with E-state index in [-0.39, 0.29) is 6.04 Å². The van der Waals surface area contributed by atoms with E-state index in [0.29, 0.717) is 5.02 Å². The van der Waals surface area contributed by atoms with E-state index >= 15 is 0 Å². The van der Waals surface area contributed by atoms with Crippen LogP contribution in [0.25, 0.3) is 0 Å². The van der Waals surface area contributed by atoms with Crippen molar-refractivity contribution in [2.75, 3.05) is 0 Å². The summed E-state index contributed by atoms with van der Waals surface area (Å²) >= 11 is 9.75. The molecule has 0 saturated heterocycles. The minimum Gasteiger partial charge on any atom is -0.319 e. The Balaban J connectivity index is 2.47. The first-order valence-corrected chi connectivity index (χ1v) is 6.94. The molecule has 0 aliphatic rings. The smallest absolute Gasteiger partial charge is 0.0749 e. The molecule has 3 nitrogen and oxygen atoms in total. The van der Waals surface area contributed by atoms with Gasteiger partial charge >= 0.3 is 0 Å². The number of hydrogen-bond donors (Lipinski definition) is 1. The number of rotatable bonds is 3. The fourth-order valence-corrected chi connectivity index (χ4v) is 2.86. The highest BCUT2D eigenvalue weighted by Gasteiger charge is 2.19. The topological polar surface area (TPSA) is 43.8 Å². The molecule has 0 fully saturated rings. The van der Waals surface area contributed by atoms with Gasteiger partial charge in [0.05, 0.1) is 22.4 Å². The van der Waals surface area contributed by atoms with Crippen LogP contribution in [-0.4, -0.2) is 9.78 Å². The Kier molecular flexibility index (Phi) is 4.10. The number of aryl methyl sites for hydroxylation is 2. The fraction of sp³-hybridized carbons (Fsp3) is 0.308. The van der Waals surface area contributed by atoms with Crippen LogP contribution in [0.5, 0.6) is 0 Å². The second kappa shape index (κ2) is 5.43. The first-order chi connectivity index (χ1) is 8.54. The molecule has 0 radical (unpaired) electrons. The molecule has 18 heavy (non-hydrogen) atoms. The van der Waals surface area contributed by atoms with Crippen molar-refractivity contribution in [2.24, 2.45) is 5.73 Å². The van der Waals surface area contributed by atoms with Gasteiger partial charge in [0.1, 0.15) is 0 Å². The Morgan fingerprint density at radius 3 is 2.83 bits per heavy atom. The van der Waals surface area contributed by atoms with Crippen LogP contribution in [0.2, 0.25) is 5.02 Å². The third-order valence-corrected chi connectivity index (χ3v) is 3.86. The molecule has 0 aliphatic carbocycles. The zero-order chi connectivity index (χ0) is 13.3. The molecule has 1 heterocycles. The number of hydrogen-bond acceptors (Lipinski definition) is 2. The van der Waals surface area contributed by atoms with Gasteiger partial charge in [0, 0.05) is 11.6 Å². The Hall–Kier alpha value is -0.840. The monoisotopic (exact) mass is 327 g/mol. The average Bonchev–Trinajstić information content (AvgIpc) is 2.69. The minimum absolute atomic E-state index is 0.282. The molecule has 1 unspecified atom stereocenters. The summed E-state index contributed by atoms with van der Waals surface area (Å²) < 4.78 is 2.79. The summed E-state index contributed by atoms with van der Waals surface area (Å²) in [5, 5.41) is 4.97. The lowest BCUT2D eigenvalue weighted by molar-refractivity contribution is 0.599. The number of benzene rings is 1. The van der Waals surface area contributed by atoms with Crippen LogP contribution in [0, 0.1) is 6.92 Å². The molecular formula is C13H15BrClN3. The number of aromatic nitrogens is 2. The molecule has 2 aromatic rings. The van der Waals surface area contributed by atoms with Crippen LogP contribution < -0.4 is 5.73 Å². The molecule has 1 atom stereocenters. The molecule has 0 bridgehead atoms. The highest BCUT2D eigenvalue weighted by Crippen LogP contribution is 2.31. The van der Waals surface area contributed by atoms with Crippen molar-refractivity contribution >= 4 is 27.5 Å². The lowest BCUT2D eigenvalue weighted by Gasteiger charge is -2.16. The Morgan fingerprint density at radius 2 is 2.22 bits per heavy atom. The SMILES string of the molecule is CCn1ncc(Br)c1C(N)c1ccc(C)cc1Cl. The third-order valence-electron chi connectivity index (χ3n) is 2.92. The molecule has 2 N–H and O–H groups in total. The van der Waals surface area contributed by atoms with Crippen molar-refractivity contribution in [3.63, 3.8) is 0 Å². The first-order valence-electron chi connectivity index (χ1n) is 5.77. The van der Waals surface area contributed by atoms with E-state index in [1.54, 1.807) is 6.20 Å². The third kappa shape index (κ3) is 2.46. The van der Waals surface area contributed by atoms with E-state index in [2.05, 4.69) is 21.0 Å². The molecule has 1 aromatic carbocycles. The molecule has 0 spiro atoms. The van der Waals surface area contributed by atoms with Gasteiger partial charge in [-0.1, -0.05) is 23.7 Å². The summed E-state index contributed by atoms with van der Waals surface area (Å²) in [6.45, 7) is 4.82. The maximum absolute atomic E-state index is 6.31. The van der Waals surface area contributed by atoms with Crippen molar-refractivity contribution in [2.45, 2.75) is 26.4 Å². The van der Waals surface area contributed by atoms with Gasteiger partial charge in [-0.25, -0.2) is 0 Å². The summed E-state index contributed by atoms with van der Waals surface area (Å²) in [7, 11) is 0. The van der Waals surface area contributed by atoms with Gasteiger partial charge in [0.15, 0.2) is 0 Å². The van der Waals surface area contributed by atoms with Crippen molar-refractivity contribution in [3.8, 4) is 0 Å². The van der Waals surface area contributed by atoms with E-state index in [0.717, 1.165) is 27.8 Å². The minimum atomic E-state index is -0.282. The summed E-state index contributed by atoms with van der Waals surface area (Å²) in [6.07, 6.45) is 1.76.